The van der Waals surface area contributed by atoms with E-state index in [2.05, 4.69) is 4.98 Å². The largest absolute Gasteiger partial charge is 0.336 e. The van der Waals surface area contributed by atoms with Gasteiger partial charge < -0.3 is 14.8 Å². The van der Waals surface area contributed by atoms with Crippen LogP contribution in [0.3, 0.4) is 0 Å². The molecule has 1 saturated carbocycles. The fourth-order valence-electron chi connectivity index (χ4n) is 4.95. The van der Waals surface area contributed by atoms with Gasteiger partial charge in [-0.05, 0) is 50.5 Å². The van der Waals surface area contributed by atoms with Gasteiger partial charge in [0.15, 0.2) is 0 Å². The van der Waals surface area contributed by atoms with Crippen LogP contribution in [0.25, 0.3) is 0 Å². The van der Waals surface area contributed by atoms with E-state index < -0.39 is 0 Å². The maximum atomic E-state index is 13.1. The van der Waals surface area contributed by atoms with Crippen molar-refractivity contribution in [3.63, 3.8) is 0 Å². The molecule has 32 heavy (non-hydrogen) atoms. The Balaban J connectivity index is 1.34. The van der Waals surface area contributed by atoms with E-state index in [0.717, 1.165) is 37.7 Å². The Bertz CT molecular complexity index is 1060. The number of nitrogens with zero attached hydrogens (tertiary/aromatic N) is 3. The summed E-state index contributed by atoms with van der Waals surface area (Å²) in [6, 6.07) is 9.82. The lowest BCUT2D eigenvalue weighted by Crippen LogP contribution is -2.42. The molecular formula is C25H30N4O3. The standard InChI is InChI=1S/C25H30N4O3/c30-22(12-9-17-6-2-1-3-7-17)29-14-5-4-8-21(29)23-26-20-16-28(25(32)18-10-11-18)15-13-19(20)24(31)27-23/h1-3,6-7,18,21H,4-5,8-16H2,(H,26,27,31). The minimum atomic E-state index is -0.209. The van der Waals surface area contributed by atoms with Gasteiger partial charge in [-0.15, -0.1) is 0 Å². The molecule has 5 rings (SSSR count). The van der Waals surface area contributed by atoms with Gasteiger partial charge in [0.2, 0.25) is 11.8 Å². The zero-order chi connectivity index (χ0) is 22.1. The second kappa shape index (κ2) is 8.88. The summed E-state index contributed by atoms with van der Waals surface area (Å²) in [6.45, 7) is 1.67. The van der Waals surface area contributed by atoms with Crippen molar-refractivity contribution in [2.45, 2.75) is 64.0 Å². The topological polar surface area (TPSA) is 86.4 Å². The fraction of sp³-hybridized carbons (Fsp3) is 0.520. The summed E-state index contributed by atoms with van der Waals surface area (Å²) in [5.41, 5.74) is 2.42. The first-order valence-corrected chi connectivity index (χ1v) is 11.8. The first-order chi connectivity index (χ1) is 15.6. The molecule has 2 amide bonds. The summed E-state index contributed by atoms with van der Waals surface area (Å²) in [5.74, 6) is 1.02. The molecule has 3 heterocycles. The van der Waals surface area contributed by atoms with Crippen LogP contribution < -0.4 is 5.56 Å². The third-order valence-electron chi connectivity index (χ3n) is 6.94. The minimum absolute atomic E-state index is 0.101. The van der Waals surface area contributed by atoms with Crippen molar-refractivity contribution in [2.24, 2.45) is 5.92 Å². The van der Waals surface area contributed by atoms with Crippen molar-refractivity contribution in [3.8, 4) is 0 Å². The predicted octanol–water partition coefficient (Wildman–Crippen LogP) is 2.75. The summed E-state index contributed by atoms with van der Waals surface area (Å²) in [5, 5.41) is 0. The van der Waals surface area contributed by atoms with Crippen LogP contribution in [0.1, 0.15) is 67.2 Å². The molecule has 2 aliphatic heterocycles. The van der Waals surface area contributed by atoms with Gasteiger partial charge in [0.05, 0.1) is 18.3 Å². The van der Waals surface area contributed by atoms with Gasteiger partial charge in [-0.2, -0.15) is 0 Å². The van der Waals surface area contributed by atoms with E-state index in [1.165, 1.54) is 0 Å². The van der Waals surface area contributed by atoms with Crippen LogP contribution in [0, 0.1) is 5.92 Å². The molecule has 2 aromatic rings. The Morgan fingerprint density at radius 2 is 1.88 bits per heavy atom. The molecule has 168 valence electrons. The van der Waals surface area contributed by atoms with Gasteiger partial charge in [0.1, 0.15) is 5.82 Å². The van der Waals surface area contributed by atoms with Gasteiger partial charge in [0, 0.05) is 31.0 Å². The number of fused-ring (bicyclic) bond motifs is 1. The van der Waals surface area contributed by atoms with Crippen molar-refractivity contribution in [3.05, 3.63) is 63.3 Å². The van der Waals surface area contributed by atoms with Crippen LogP contribution in [-0.4, -0.2) is 44.7 Å². The van der Waals surface area contributed by atoms with E-state index >= 15 is 0 Å². The van der Waals surface area contributed by atoms with E-state index in [9.17, 15) is 14.4 Å². The number of H-pyrrole nitrogens is 1. The number of aromatic nitrogens is 2. The number of benzene rings is 1. The lowest BCUT2D eigenvalue weighted by Gasteiger charge is -2.36. The quantitative estimate of drug-likeness (QED) is 0.784. The lowest BCUT2D eigenvalue weighted by molar-refractivity contribution is -0.135. The second-order valence-electron chi connectivity index (χ2n) is 9.24. The van der Waals surface area contributed by atoms with Crippen LogP contribution >= 0.6 is 0 Å². The number of piperidine rings is 1. The molecule has 1 atom stereocenters. The Hall–Kier alpha value is -2.96. The van der Waals surface area contributed by atoms with Crippen molar-refractivity contribution >= 4 is 11.8 Å². The SMILES string of the molecule is O=C(C1CC1)N1CCc2c(nc(C3CCCCN3C(=O)CCc3ccccc3)[nH]c2=O)C1. The zero-order valence-corrected chi connectivity index (χ0v) is 18.4. The summed E-state index contributed by atoms with van der Waals surface area (Å²) >= 11 is 0. The molecule has 0 spiro atoms. The second-order valence-corrected chi connectivity index (χ2v) is 9.24. The van der Waals surface area contributed by atoms with Crippen molar-refractivity contribution < 1.29 is 9.59 Å². The minimum Gasteiger partial charge on any atom is -0.336 e. The molecule has 7 nitrogen and oxygen atoms in total. The van der Waals surface area contributed by atoms with E-state index in [-0.39, 0.29) is 29.3 Å². The van der Waals surface area contributed by atoms with Crippen LogP contribution in [0.15, 0.2) is 35.1 Å². The van der Waals surface area contributed by atoms with Gasteiger partial charge in [-0.3, -0.25) is 14.4 Å². The van der Waals surface area contributed by atoms with Crippen LogP contribution in [-0.2, 0) is 29.0 Å². The van der Waals surface area contributed by atoms with E-state index in [1.54, 1.807) is 0 Å². The highest BCUT2D eigenvalue weighted by atomic mass is 16.2. The fourth-order valence-corrected chi connectivity index (χ4v) is 4.95. The van der Waals surface area contributed by atoms with Gasteiger partial charge in [0.25, 0.3) is 5.56 Å². The Labute approximate surface area is 187 Å². The van der Waals surface area contributed by atoms with Gasteiger partial charge >= 0.3 is 0 Å². The molecule has 1 aliphatic carbocycles. The summed E-state index contributed by atoms with van der Waals surface area (Å²) in [7, 11) is 0. The summed E-state index contributed by atoms with van der Waals surface area (Å²) < 4.78 is 0. The summed E-state index contributed by atoms with van der Waals surface area (Å²) in [6.07, 6.45) is 6.39. The number of rotatable bonds is 5. The molecule has 7 heteroatoms. The van der Waals surface area contributed by atoms with Crippen molar-refractivity contribution in [1.82, 2.24) is 19.8 Å². The predicted molar refractivity (Wildman–Crippen MR) is 120 cm³/mol. The van der Waals surface area contributed by atoms with E-state index in [0.29, 0.717) is 56.0 Å². The Morgan fingerprint density at radius 3 is 2.66 bits per heavy atom. The number of aromatic amines is 1. The summed E-state index contributed by atoms with van der Waals surface area (Å²) in [4.78, 5) is 50.0. The zero-order valence-electron chi connectivity index (χ0n) is 18.4. The number of carbonyl (C=O) groups excluding carboxylic acids is 2. The number of aryl methyl sites for hydroxylation is 1. The molecule has 0 bridgehead atoms. The average molecular weight is 435 g/mol. The highest BCUT2D eigenvalue weighted by Gasteiger charge is 2.36. The number of nitrogens with one attached hydrogen (secondary N) is 1. The Morgan fingerprint density at radius 1 is 1.06 bits per heavy atom. The van der Waals surface area contributed by atoms with Crippen LogP contribution in [0.5, 0.6) is 0 Å². The van der Waals surface area contributed by atoms with E-state index in [1.807, 2.05) is 40.1 Å². The molecule has 1 N–H and O–H groups in total. The first-order valence-electron chi connectivity index (χ1n) is 11.8. The van der Waals surface area contributed by atoms with E-state index in [4.69, 9.17) is 4.98 Å². The lowest BCUT2D eigenvalue weighted by atomic mass is 9.99. The number of likely N-dealkylation sites (tertiary alicyclic amines) is 1. The van der Waals surface area contributed by atoms with Crippen molar-refractivity contribution in [2.75, 3.05) is 13.1 Å². The van der Waals surface area contributed by atoms with Gasteiger partial charge in [-0.1, -0.05) is 30.3 Å². The molecule has 1 aromatic heterocycles. The molecule has 1 saturated heterocycles. The maximum absolute atomic E-state index is 13.1. The number of amides is 2. The molecule has 1 unspecified atom stereocenters. The average Bonchev–Trinajstić information content (AvgIpc) is 3.68. The van der Waals surface area contributed by atoms with Crippen LogP contribution in [0.2, 0.25) is 0 Å². The first kappa shape index (κ1) is 20.9. The molecule has 2 fully saturated rings. The van der Waals surface area contributed by atoms with Crippen LogP contribution in [0.4, 0.5) is 0 Å². The maximum Gasteiger partial charge on any atom is 0.254 e. The monoisotopic (exact) mass is 434 g/mol. The number of carbonyl (C=O) groups is 2. The smallest absolute Gasteiger partial charge is 0.254 e. The number of hydrogen-bond acceptors (Lipinski definition) is 4. The normalized spacial score (nSPS) is 20.7. The number of hydrogen-bond donors (Lipinski definition) is 1. The third kappa shape index (κ3) is 4.33. The molecule has 1 aromatic carbocycles. The molecule has 3 aliphatic rings. The Kier molecular flexibility index (Phi) is 5.81. The highest BCUT2D eigenvalue weighted by molar-refractivity contribution is 5.81. The third-order valence-corrected chi connectivity index (χ3v) is 6.94. The molecular weight excluding hydrogens is 404 g/mol. The highest BCUT2D eigenvalue weighted by Crippen LogP contribution is 2.33. The van der Waals surface area contributed by atoms with Crippen molar-refractivity contribution in [1.29, 1.82) is 0 Å². The molecule has 0 radical (unpaired) electrons. The van der Waals surface area contributed by atoms with Gasteiger partial charge in [-0.25, -0.2) is 4.98 Å².